The van der Waals surface area contributed by atoms with Crippen LogP contribution in [0.2, 0.25) is 0 Å². The fourth-order valence-electron chi connectivity index (χ4n) is 0.968. The Hall–Kier alpha value is -0.150. The summed E-state index contributed by atoms with van der Waals surface area (Å²) in [6.45, 7) is 1.91. The minimum Gasteiger partial charge on any atom is -0.366 e. The number of halogens is 1. The summed E-state index contributed by atoms with van der Waals surface area (Å²) in [4.78, 5) is 0. The molecule has 0 saturated carbocycles. The molecule has 0 spiro atoms. The molecule has 9 heavy (non-hydrogen) atoms. The number of rotatable bonds is 1. The number of hydrogen-bond acceptors (Lipinski definition) is 2. The molecule has 1 rings (SSSR count). The average molecular weight is 134 g/mol. The summed E-state index contributed by atoms with van der Waals surface area (Å²) in [6.07, 6.45) is -1.30. The molecule has 1 heterocycles. The van der Waals surface area contributed by atoms with Gasteiger partial charge in [0.1, 0.15) is 0 Å². The zero-order valence-electron chi connectivity index (χ0n) is 5.38. The first-order valence-corrected chi connectivity index (χ1v) is 3.21. The summed E-state index contributed by atoms with van der Waals surface area (Å²) in [5, 5.41) is 8.70. The minimum atomic E-state index is -1.17. The van der Waals surface area contributed by atoms with Crippen molar-refractivity contribution in [3.63, 3.8) is 0 Å². The Bertz CT molecular complexity index is 87.1. The Morgan fingerprint density at radius 3 is 2.67 bits per heavy atom. The Morgan fingerprint density at radius 1 is 1.78 bits per heavy atom. The van der Waals surface area contributed by atoms with Crippen molar-refractivity contribution in [1.29, 1.82) is 0 Å². The van der Waals surface area contributed by atoms with E-state index in [0.717, 1.165) is 6.42 Å². The molecule has 54 valence electrons. The smallest absolute Gasteiger partial charge is 0.186 e. The van der Waals surface area contributed by atoms with Crippen molar-refractivity contribution < 1.29 is 14.2 Å². The van der Waals surface area contributed by atoms with Gasteiger partial charge in [0.25, 0.3) is 0 Å². The molecule has 1 aliphatic heterocycles. The molecule has 3 heteroatoms. The molecule has 1 unspecified atom stereocenters. The molecule has 2 nitrogen and oxygen atoms in total. The highest BCUT2D eigenvalue weighted by atomic mass is 19.1. The largest absolute Gasteiger partial charge is 0.366 e. The summed E-state index contributed by atoms with van der Waals surface area (Å²) in [7, 11) is 0. The number of alkyl halides is 1. The van der Waals surface area contributed by atoms with Crippen molar-refractivity contribution in [2.45, 2.75) is 38.3 Å². The van der Waals surface area contributed by atoms with Crippen LogP contribution >= 0.6 is 0 Å². The fraction of sp³-hybridized carbons (Fsp3) is 1.00. The number of aliphatic hydroxyl groups is 1. The quantitative estimate of drug-likeness (QED) is 0.576. The SMILES string of the molecule is CC[C@@H]1CC(F)[C@H](O)O1. The van der Waals surface area contributed by atoms with Crippen LogP contribution in [0.3, 0.4) is 0 Å². The molecule has 1 N–H and O–H groups in total. The lowest BCUT2D eigenvalue weighted by Gasteiger charge is -2.04. The molecule has 0 amide bonds. The van der Waals surface area contributed by atoms with E-state index < -0.39 is 12.5 Å². The maximum atomic E-state index is 12.4. The van der Waals surface area contributed by atoms with Crippen LogP contribution in [0.4, 0.5) is 4.39 Å². The molecule has 0 aliphatic carbocycles. The van der Waals surface area contributed by atoms with Gasteiger partial charge in [-0.3, -0.25) is 0 Å². The van der Waals surface area contributed by atoms with Crippen LogP contribution < -0.4 is 0 Å². The molecule has 0 aromatic carbocycles. The van der Waals surface area contributed by atoms with E-state index in [1.165, 1.54) is 0 Å². The minimum absolute atomic E-state index is 0.0741. The second-order valence-corrected chi connectivity index (χ2v) is 2.31. The van der Waals surface area contributed by atoms with Crippen molar-refractivity contribution in [3.8, 4) is 0 Å². The fourth-order valence-corrected chi connectivity index (χ4v) is 0.968. The van der Waals surface area contributed by atoms with Gasteiger partial charge in [0, 0.05) is 6.42 Å². The van der Waals surface area contributed by atoms with Crippen LogP contribution in [-0.2, 0) is 4.74 Å². The van der Waals surface area contributed by atoms with Gasteiger partial charge in [-0.2, -0.15) is 0 Å². The highest BCUT2D eigenvalue weighted by molar-refractivity contribution is 4.74. The Labute approximate surface area is 53.6 Å². The third-order valence-electron chi connectivity index (χ3n) is 1.58. The van der Waals surface area contributed by atoms with Gasteiger partial charge in [-0.05, 0) is 6.42 Å². The normalized spacial score (nSPS) is 43.7. The summed E-state index contributed by atoms with van der Waals surface area (Å²) in [5.74, 6) is 0. The lowest BCUT2D eigenvalue weighted by molar-refractivity contribution is -0.112. The van der Waals surface area contributed by atoms with Crippen molar-refractivity contribution in [3.05, 3.63) is 0 Å². The Balaban J connectivity index is 2.35. The molecule has 1 saturated heterocycles. The molecule has 3 atom stereocenters. The first kappa shape index (κ1) is 6.96. The predicted molar refractivity (Wildman–Crippen MR) is 30.7 cm³/mol. The van der Waals surface area contributed by atoms with E-state index in [2.05, 4.69) is 0 Å². The summed E-state index contributed by atoms with van der Waals surface area (Å²) >= 11 is 0. The topological polar surface area (TPSA) is 29.5 Å². The lowest BCUT2D eigenvalue weighted by atomic mass is 10.2. The van der Waals surface area contributed by atoms with Gasteiger partial charge in [0.05, 0.1) is 6.10 Å². The van der Waals surface area contributed by atoms with Crippen molar-refractivity contribution in [2.24, 2.45) is 0 Å². The maximum absolute atomic E-state index is 12.4. The van der Waals surface area contributed by atoms with Gasteiger partial charge in [-0.15, -0.1) is 0 Å². The molecular formula is C6H11FO2. The number of aliphatic hydroxyl groups excluding tert-OH is 1. The molecule has 0 aromatic heterocycles. The predicted octanol–water partition coefficient (Wildman–Crippen LogP) is 0.842. The van der Waals surface area contributed by atoms with Gasteiger partial charge in [-0.1, -0.05) is 6.92 Å². The third kappa shape index (κ3) is 1.40. The van der Waals surface area contributed by atoms with Crippen LogP contribution in [0, 0.1) is 0 Å². The van der Waals surface area contributed by atoms with E-state index in [-0.39, 0.29) is 6.10 Å². The van der Waals surface area contributed by atoms with Crippen LogP contribution in [0.15, 0.2) is 0 Å². The first-order chi connectivity index (χ1) is 4.24. The van der Waals surface area contributed by atoms with Crippen LogP contribution in [-0.4, -0.2) is 23.7 Å². The van der Waals surface area contributed by atoms with Crippen LogP contribution in [0.5, 0.6) is 0 Å². The molecular weight excluding hydrogens is 123 g/mol. The summed E-state index contributed by atoms with van der Waals surface area (Å²) < 4.78 is 17.2. The van der Waals surface area contributed by atoms with Crippen LogP contribution in [0.25, 0.3) is 0 Å². The third-order valence-corrected chi connectivity index (χ3v) is 1.58. The monoisotopic (exact) mass is 134 g/mol. The Kier molecular flexibility index (Phi) is 2.03. The van der Waals surface area contributed by atoms with E-state index in [1.807, 2.05) is 6.92 Å². The molecule has 0 radical (unpaired) electrons. The summed E-state index contributed by atoms with van der Waals surface area (Å²) in [5.41, 5.74) is 0. The Morgan fingerprint density at radius 2 is 2.44 bits per heavy atom. The molecule has 0 aromatic rings. The van der Waals surface area contributed by atoms with E-state index in [1.54, 1.807) is 0 Å². The molecule has 1 aliphatic rings. The van der Waals surface area contributed by atoms with Gasteiger partial charge in [-0.25, -0.2) is 4.39 Å². The molecule has 1 fully saturated rings. The van der Waals surface area contributed by atoms with Gasteiger partial charge >= 0.3 is 0 Å². The second-order valence-electron chi connectivity index (χ2n) is 2.31. The number of hydrogen-bond donors (Lipinski definition) is 1. The van der Waals surface area contributed by atoms with Gasteiger partial charge in [0.2, 0.25) is 0 Å². The zero-order chi connectivity index (χ0) is 6.85. The second kappa shape index (κ2) is 2.62. The van der Waals surface area contributed by atoms with Crippen molar-refractivity contribution in [2.75, 3.05) is 0 Å². The van der Waals surface area contributed by atoms with Crippen molar-refractivity contribution in [1.82, 2.24) is 0 Å². The van der Waals surface area contributed by atoms with E-state index >= 15 is 0 Å². The van der Waals surface area contributed by atoms with E-state index in [0.29, 0.717) is 6.42 Å². The van der Waals surface area contributed by atoms with Crippen molar-refractivity contribution >= 4 is 0 Å². The zero-order valence-corrected chi connectivity index (χ0v) is 5.38. The summed E-state index contributed by atoms with van der Waals surface area (Å²) in [6, 6.07) is 0. The number of ether oxygens (including phenoxy) is 1. The van der Waals surface area contributed by atoms with E-state index in [9.17, 15) is 4.39 Å². The lowest BCUT2D eigenvalue weighted by Crippen LogP contribution is -2.15. The van der Waals surface area contributed by atoms with Crippen LogP contribution in [0.1, 0.15) is 19.8 Å². The standard InChI is InChI=1S/C6H11FO2/c1-2-4-3-5(7)6(8)9-4/h4-6,8H,2-3H2,1H3/t4-,5?,6-/m1/s1. The highest BCUT2D eigenvalue weighted by Gasteiger charge is 2.32. The van der Waals surface area contributed by atoms with E-state index in [4.69, 9.17) is 9.84 Å². The highest BCUT2D eigenvalue weighted by Crippen LogP contribution is 2.22. The van der Waals surface area contributed by atoms with Gasteiger partial charge < -0.3 is 9.84 Å². The van der Waals surface area contributed by atoms with Gasteiger partial charge in [0.15, 0.2) is 12.5 Å². The molecule has 0 bridgehead atoms. The average Bonchev–Trinajstić information content (AvgIpc) is 2.13. The first-order valence-electron chi connectivity index (χ1n) is 3.21. The maximum Gasteiger partial charge on any atom is 0.186 e.